The Morgan fingerprint density at radius 3 is 2.59 bits per heavy atom. The summed E-state index contributed by atoms with van der Waals surface area (Å²) in [7, 11) is 1.84. The van der Waals surface area contributed by atoms with E-state index in [-0.39, 0.29) is 11.9 Å². The number of nitrogens with zero attached hydrogens (tertiary/aromatic N) is 3. The van der Waals surface area contributed by atoms with E-state index in [0.29, 0.717) is 5.82 Å². The summed E-state index contributed by atoms with van der Waals surface area (Å²) in [5.74, 6) is 2.72. The van der Waals surface area contributed by atoms with E-state index in [1.165, 1.54) is 0 Å². The van der Waals surface area contributed by atoms with E-state index in [0.717, 1.165) is 30.2 Å². The number of benzene rings is 1. The molecule has 22 heavy (non-hydrogen) atoms. The lowest BCUT2D eigenvalue weighted by Crippen LogP contribution is -2.42. The van der Waals surface area contributed by atoms with Gasteiger partial charge in [-0.1, -0.05) is 30.3 Å². The monoisotopic (exact) mass is 316 g/mol. The molecular weight excluding hydrogens is 296 g/mol. The second kappa shape index (κ2) is 6.98. The third kappa shape index (κ3) is 3.51. The maximum atomic E-state index is 12.8. The fourth-order valence-corrected chi connectivity index (χ4v) is 3.61. The lowest BCUT2D eigenvalue weighted by molar-refractivity contribution is -0.121. The van der Waals surface area contributed by atoms with Crippen LogP contribution in [0.15, 0.2) is 42.6 Å². The summed E-state index contributed by atoms with van der Waals surface area (Å²) in [5, 5.41) is 7.17. The third-order valence-corrected chi connectivity index (χ3v) is 4.68. The van der Waals surface area contributed by atoms with E-state index >= 15 is 0 Å². The van der Waals surface area contributed by atoms with E-state index < -0.39 is 0 Å². The van der Waals surface area contributed by atoms with Crippen molar-refractivity contribution in [2.24, 2.45) is 7.05 Å². The molecular formula is C16H20N4OS. The Balaban J connectivity index is 1.82. The van der Waals surface area contributed by atoms with Crippen LogP contribution in [0.2, 0.25) is 0 Å². The number of hydrogen-bond acceptors (Lipinski definition) is 4. The van der Waals surface area contributed by atoms with Crippen LogP contribution in [0.4, 0.5) is 5.82 Å². The number of carbonyl (C=O) groups excluding carboxylic acids is 1. The highest BCUT2D eigenvalue weighted by Crippen LogP contribution is 2.25. The third-order valence-electron chi connectivity index (χ3n) is 3.74. The second-order valence-electron chi connectivity index (χ2n) is 5.33. The first-order valence-corrected chi connectivity index (χ1v) is 8.57. The average Bonchev–Trinajstić information content (AvgIpc) is 2.95. The van der Waals surface area contributed by atoms with Gasteiger partial charge in [-0.25, -0.2) is 0 Å². The SMILES string of the molecule is Cn1ccc(NC(=O)[C@@H](c2ccccc2)N2CCSCC2)n1. The lowest BCUT2D eigenvalue weighted by Gasteiger charge is -2.33. The van der Waals surface area contributed by atoms with Crippen LogP contribution in [0.25, 0.3) is 0 Å². The van der Waals surface area contributed by atoms with Crippen molar-refractivity contribution in [2.45, 2.75) is 6.04 Å². The molecule has 0 radical (unpaired) electrons. The van der Waals surface area contributed by atoms with E-state index in [1.54, 1.807) is 4.68 Å². The first-order chi connectivity index (χ1) is 10.7. The van der Waals surface area contributed by atoms with Crippen LogP contribution in [0.5, 0.6) is 0 Å². The molecule has 0 bridgehead atoms. The number of aryl methyl sites for hydroxylation is 1. The fraction of sp³-hybridized carbons (Fsp3) is 0.375. The highest BCUT2D eigenvalue weighted by molar-refractivity contribution is 7.99. The Morgan fingerprint density at radius 2 is 1.95 bits per heavy atom. The zero-order valence-corrected chi connectivity index (χ0v) is 13.4. The highest BCUT2D eigenvalue weighted by Gasteiger charge is 2.29. The smallest absolute Gasteiger partial charge is 0.247 e. The standard InChI is InChI=1S/C16H20N4OS/c1-19-8-7-14(18-19)17-16(21)15(13-5-3-2-4-6-13)20-9-11-22-12-10-20/h2-8,15H,9-12H2,1H3,(H,17,18,21)/t15-/m1/s1. The second-order valence-corrected chi connectivity index (χ2v) is 6.55. The summed E-state index contributed by atoms with van der Waals surface area (Å²) in [6, 6.07) is 11.5. The van der Waals surface area contributed by atoms with Gasteiger partial charge in [0.2, 0.25) is 5.91 Å². The molecule has 3 rings (SSSR count). The normalized spacial score (nSPS) is 17.1. The number of rotatable bonds is 4. The topological polar surface area (TPSA) is 50.2 Å². The molecule has 116 valence electrons. The molecule has 2 heterocycles. The maximum absolute atomic E-state index is 12.8. The van der Waals surface area contributed by atoms with Gasteiger partial charge in [0, 0.05) is 43.9 Å². The van der Waals surface area contributed by atoms with Gasteiger partial charge < -0.3 is 5.32 Å². The van der Waals surface area contributed by atoms with Crippen molar-refractivity contribution in [3.05, 3.63) is 48.2 Å². The van der Waals surface area contributed by atoms with Crippen molar-refractivity contribution >= 4 is 23.5 Å². The van der Waals surface area contributed by atoms with Crippen molar-refractivity contribution in [2.75, 3.05) is 29.9 Å². The molecule has 1 aliphatic rings. The molecule has 0 saturated carbocycles. The molecule has 0 spiro atoms. The zero-order chi connectivity index (χ0) is 15.4. The molecule has 1 saturated heterocycles. The predicted octanol–water partition coefficient (Wildman–Crippen LogP) is 2.15. The van der Waals surface area contributed by atoms with Gasteiger partial charge in [-0.3, -0.25) is 14.4 Å². The molecule has 1 aromatic carbocycles. The minimum atomic E-state index is -0.260. The molecule has 1 aliphatic heterocycles. The highest BCUT2D eigenvalue weighted by atomic mass is 32.2. The van der Waals surface area contributed by atoms with Crippen molar-refractivity contribution in [3.63, 3.8) is 0 Å². The summed E-state index contributed by atoms with van der Waals surface area (Å²) in [4.78, 5) is 15.1. The van der Waals surface area contributed by atoms with Crippen LogP contribution in [-0.4, -0.2) is 45.2 Å². The van der Waals surface area contributed by atoms with Crippen LogP contribution in [0.1, 0.15) is 11.6 Å². The number of carbonyl (C=O) groups is 1. The van der Waals surface area contributed by atoms with Crippen LogP contribution in [-0.2, 0) is 11.8 Å². The predicted molar refractivity (Wildman–Crippen MR) is 89.9 cm³/mol. The fourth-order valence-electron chi connectivity index (χ4n) is 2.68. The molecule has 0 aliphatic carbocycles. The zero-order valence-electron chi connectivity index (χ0n) is 12.6. The number of anilines is 1. The van der Waals surface area contributed by atoms with Gasteiger partial charge in [0.25, 0.3) is 0 Å². The molecule has 1 fully saturated rings. The van der Waals surface area contributed by atoms with Crippen molar-refractivity contribution in [1.29, 1.82) is 0 Å². The molecule has 6 heteroatoms. The Kier molecular flexibility index (Phi) is 4.80. The van der Waals surface area contributed by atoms with E-state index in [9.17, 15) is 4.79 Å². The van der Waals surface area contributed by atoms with Crippen LogP contribution in [0.3, 0.4) is 0 Å². The van der Waals surface area contributed by atoms with Crippen molar-refractivity contribution in [3.8, 4) is 0 Å². The Morgan fingerprint density at radius 1 is 1.23 bits per heavy atom. The molecule has 5 nitrogen and oxygen atoms in total. The summed E-state index contributed by atoms with van der Waals surface area (Å²) < 4.78 is 1.69. The van der Waals surface area contributed by atoms with Gasteiger partial charge in [0.05, 0.1) is 0 Å². The maximum Gasteiger partial charge on any atom is 0.247 e. The lowest BCUT2D eigenvalue weighted by atomic mass is 10.0. The molecule has 1 atom stereocenters. The number of amides is 1. The Bertz CT molecular complexity index is 622. The van der Waals surface area contributed by atoms with Gasteiger partial charge in [-0.15, -0.1) is 0 Å². The number of hydrogen-bond donors (Lipinski definition) is 1. The number of thioether (sulfide) groups is 1. The summed E-state index contributed by atoms with van der Waals surface area (Å²) in [6.07, 6.45) is 1.82. The number of nitrogens with one attached hydrogen (secondary N) is 1. The molecule has 1 N–H and O–H groups in total. The van der Waals surface area contributed by atoms with Crippen molar-refractivity contribution in [1.82, 2.24) is 14.7 Å². The minimum Gasteiger partial charge on any atom is -0.308 e. The number of aromatic nitrogens is 2. The minimum absolute atomic E-state index is 0.0169. The van der Waals surface area contributed by atoms with Gasteiger partial charge in [-0.05, 0) is 5.56 Å². The van der Waals surface area contributed by atoms with Gasteiger partial charge >= 0.3 is 0 Å². The molecule has 0 unspecified atom stereocenters. The van der Waals surface area contributed by atoms with Crippen LogP contribution in [0, 0.1) is 0 Å². The quantitative estimate of drug-likeness (QED) is 0.939. The molecule has 1 aromatic heterocycles. The summed E-state index contributed by atoms with van der Waals surface area (Å²) >= 11 is 1.94. The van der Waals surface area contributed by atoms with E-state index in [4.69, 9.17) is 0 Å². The summed E-state index contributed by atoms with van der Waals surface area (Å²) in [6.45, 7) is 1.86. The molecule has 2 aromatic rings. The average molecular weight is 316 g/mol. The van der Waals surface area contributed by atoms with E-state index in [2.05, 4.69) is 15.3 Å². The van der Waals surface area contributed by atoms with E-state index in [1.807, 2.05) is 61.4 Å². The Hall–Kier alpha value is -1.79. The van der Waals surface area contributed by atoms with Gasteiger partial charge in [0.15, 0.2) is 5.82 Å². The summed E-state index contributed by atoms with van der Waals surface area (Å²) in [5.41, 5.74) is 1.03. The largest absolute Gasteiger partial charge is 0.308 e. The van der Waals surface area contributed by atoms with Gasteiger partial charge in [0.1, 0.15) is 6.04 Å². The molecule has 1 amide bonds. The van der Waals surface area contributed by atoms with Gasteiger partial charge in [-0.2, -0.15) is 16.9 Å². The first kappa shape index (κ1) is 15.1. The Labute approximate surface area is 134 Å². The van der Waals surface area contributed by atoms with Crippen LogP contribution < -0.4 is 5.32 Å². The van der Waals surface area contributed by atoms with Crippen molar-refractivity contribution < 1.29 is 4.79 Å². The first-order valence-electron chi connectivity index (χ1n) is 7.41. The van der Waals surface area contributed by atoms with Crippen LogP contribution >= 0.6 is 11.8 Å².